The van der Waals surface area contributed by atoms with Crippen LogP contribution in [0.3, 0.4) is 0 Å². The smallest absolute Gasteiger partial charge is 0.248 e. The zero-order chi connectivity index (χ0) is 23.5. The summed E-state index contributed by atoms with van der Waals surface area (Å²) in [5, 5.41) is 12.4. The Morgan fingerprint density at radius 2 is 1.73 bits per heavy atom. The highest BCUT2D eigenvalue weighted by atomic mass is 79.9. The topological polar surface area (TPSA) is 78.3 Å². The predicted molar refractivity (Wildman–Crippen MR) is 134 cm³/mol. The summed E-state index contributed by atoms with van der Waals surface area (Å²) in [4.78, 5) is 14.1. The highest BCUT2D eigenvalue weighted by Gasteiger charge is 2.11. The minimum absolute atomic E-state index is 0.270. The SMILES string of the molecule is COc1ccc(-n2nc3cc(C)c(NC(=O)/C=C/c4cc(Br)ccc4OC)cc3n2)cc1Cl. The Labute approximate surface area is 204 Å². The lowest BCUT2D eigenvalue weighted by atomic mass is 10.1. The Balaban J connectivity index is 1.57. The monoisotopic (exact) mass is 526 g/mol. The maximum Gasteiger partial charge on any atom is 0.248 e. The van der Waals surface area contributed by atoms with Gasteiger partial charge in [-0.25, -0.2) is 0 Å². The summed E-state index contributed by atoms with van der Waals surface area (Å²) in [6, 6.07) is 14.6. The molecule has 0 fully saturated rings. The fourth-order valence-corrected chi connectivity index (χ4v) is 3.90. The van der Waals surface area contributed by atoms with Crippen molar-refractivity contribution >= 4 is 56.2 Å². The number of hydrogen-bond donors (Lipinski definition) is 1. The molecule has 33 heavy (non-hydrogen) atoms. The van der Waals surface area contributed by atoms with Crippen LogP contribution in [0.15, 0.2) is 59.1 Å². The number of nitrogens with zero attached hydrogens (tertiary/aromatic N) is 3. The van der Waals surface area contributed by atoms with Gasteiger partial charge in [-0.15, -0.1) is 10.2 Å². The largest absolute Gasteiger partial charge is 0.496 e. The number of carbonyl (C=O) groups is 1. The molecule has 3 aromatic carbocycles. The Morgan fingerprint density at radius 1 is 1.03 bits per heavy atom. The van der Waals surface area contributed by atoms with Crippen LogP contribution in [0.25, 0.3) is 22.8 Å². The molecule has 0 unspecified atom stereocenters. The van der Waals surface area contributed by atoms with E-state index in [-0.39, 0.29) is 5.91 Å². The number of aromatic nitrogens is 3. The maximum absolute atomic E-state index is 12.6. The van der Waals surface area contributed by atoms with Crippen LogP contribution in [0.5, 0.6) is 11.5 Å². The molecule has 9 heteroatoms. The van der Waals surface area contributed by atoms with Gasteiger partial charge in [0.1, 0.15) is 22.5 Å². The normalized spacial score (nSPS) is 11.2. The number of benzene rings is 3. The molecular formula is C24H20BrClN4O3. The molecule has 1 aromatic heterocycles. The molecule has 0 aliphatic carbocycles. The molecule has 4 rings (SSSR count). The lowest BCUT2D eigenvalue weighted by molar-refractivity contribution is -0.111. The Kier molecular flexibility index (Phi) is 6.67. The average Bonchev–Trinajstić information content (AvgIpc) is 3.20. The number of methoxy groups -OCH3 is 2. The molecule has 0 radical (unpaired) electrons. The summed E-state index contributed by atoms with van der Waals surface area (Å²) in [6.07, 6.45) is 3.17. The highest BCUT2D eigenvalue weighted by Crippen LogP contribution is 2.28. The van der Waals surface area contributed by atoms with Crippen molar-refractivity contribution in [1.82, 2.24) is 15.0 Å². The molecule has 1 heterocycles. The quantitative estimate of drug-likeness (QED) is 0.320. The molecule has 0 spiro atoms. The summed E-state index contributed by atoms with van der Waals surface area (Å²) >= 11 is 9.66. The van der Waals surface area contributed by atoms with Gasteiger partial charge in [0, 0.05) is 21.8 Å². The highest BCUT2D eigenvalue weighted by molar-refractivity contribution is 9.10. The molecule has 0 aliphatic heterocycles. The fraction of sp³-hybridized carbons (Fsp3) is 0.125. The number of nitrogens with one attached hydrogen (secondary N) is 1. The second-order valence-corrected chi connectivity index (χ2v) is 8.50. The molecule has 4 aromatic rings. The number of carbonyl (C=O) groups excluding carboxylic acids is 1. The van der Waals surface area contributed by atoms with E-state index in [1.807, 2.05) is 37.3 Å². The predicted octanol–water partition coefficient (Wildman–Crippen LogP) is 5.81. The molecule has 168 valence electrons. The van der Waals surface area contributed by atoms with E-state index >= 15 is 0 Å². The van der Waals surface area contributed by atoms with Gasteiger partial charge in [0.15, 0.2) is 0 Å². The number of amides is 1. The standard InChI is InChI=1S/C24H20BrClN4O3/c1-14-10-20-21(29-30(28-20)17-6-8-23(33-3)18(26)12-17)13-19(14)27-24(31)9-4-15-11-16(25)5-7-22(15)32-2/h4-13H,1-3H3,(H,27,31)/b9-4+. The molecule has 0 atom stereocenters. The third kappa shape index (κ3) is 5.02. The lowest BCUT2D eigenvalue weighted by Gasteiger charge is -2.07. The first kappa shape index (κ1) is 22.8. The third-order valence-corrected chi connectivity index (χ3v) is 5.75. The van der Waals surface area contributed by atoms with E-state index in [2.05, 4.69) is 31.4 Å². The number of fused-ring (bicyclic) bond motifs is 1. The van der Waals surface area contributed by atoms with Gasteiger partial charge in [0.25, 0.3) is 0 Å². The zero-order valence-electron chi connectivity index (χ0n) is 18.1. The Morgan fingerprint density at radius 3 is 2.42 bits per heavy atom. The second-order valence-electron chi connectivity index (χ2n) is 7.17. The van der Waals surface area contributed by atoms with E-state index in [4.69, 9.17) is 21.1 Å². The van der Waals surface area contributed by atoms with Crippen molar-refractivity contribution in [3.05, 3.63) is 75.2 Å². The average molecular weight is 528 g/mol. The molecule has 0 saturated carbocycles. The van der Waals surface area contributed by atoms with Crippen LogP contribution in [-0.4, -0.2) is 35.1 Å². The fourth-order valence-electron chi connectivity index (χ4n) is 3.27. The number of ether oxygens (including phenoxy) is 2. The molecule has 7 nitrogen and oxygen atoms in total. The van der Waals surface area contributed by atoms with Crippen LogP contribution in [0, 0.1) is 6.92 Å². The molecule has 0 saturated heterocycles. The first-order valence-corrected chi connectivity index (χ1v) is 11.1. The number of rotatable bonds is 6. The van der Waals surface area contributed by atoms with Gasteiger partial charge in [-0.2, -0.15) is 4.80 Å². The van der Waals surface area contributed by atoms with Gasteiger partial charge >= 0.3 is 0 Å². The Hall–Kier alpha value is -3.36. The number of halogens is 2. The van der Waals surface area contributed by atoms with Crippen molar-refractivity contribution in [3.63, 3.8) is 0 Å². The summed E-state index contributed by atoms with van der Waals surface area (Å²) in [5.74, 6) is 0.982. The van der Waals surface area contributed by atoms with E-state index in [1.54, 1.807) is 38.5 Å². The summed E-state index contributed by atoms with van der Waals surface area (Å²) in [7, 11) is 3.15. The van der Waals surface area contributed by atoms with Crippen LogP contribution >= 0.6 is 27.5 Å². The van der Waals surface area contributed by atoms with Crippen molar-refractivity contribution in [2.45, 2.75) is 6.92 Å². The summed E-state index contributed by atoms with van der Waals surface area (Å²) in [6.45, 7) is 1.90. The van der Waals surface area contributed by atoms with Crippen molar-refractivity contribution in [2.24, 2.45) is 0 Å². The van der Waals surface area contributed by atoms with E-state index in [0.29, 0.717) is 38.9 Å². The van der Waals surface area contributed by atoms with Crippen molar-refractivity contribution in [2.75, 3.05) is 19.5 Å². The summed E-state index contributed by atoms with van der Waals surface area (Å²) < 4.78 is 11.4. The number of anilines is 1. The van der Waals surface area contributed by atoms with Gasteiger partial charge in [-0.05, 0) is 67.1 Å². The van der Waals surface area contributed by atoms with Gasteiger partial charge < -0.3 is 14.8 Å². The minimum atomic E-state index is -0.270. The minimum Gasteiger partial charge on any atom is -0.496 e. The van der Waals surface area contributed by atoms with Crippen molar-refractivity contribution in [3.8, 4) is 17.2 Å². The molecule has 0 bridgehead atoms. The van der Waals surface area contributed by atoms with Gasteiger partial charge in [0.05, 0.1) is 24.9 Å². The van der Waals surface area contributed by atoms with Crippen LogP contribution in [-0.2, 0) is 4.79 Å². The molecular weight excluding hydrogens is 508 g/mol. The molecule has 1 amide bonds. The summed E-state index contributed by atoms with van der Waals surface area (Å²) in [5.41, 5.74) is 4.34. The molecule has 0 aliphatic rings. The third-order valence-electron chi connectivity index (χ3n) is 4.96. The van der Waals surface area contributed by atoms with Gasteiger partial charge in [-0.3, -0.25) is 4.79 Å². The number of aryl methyl sites for hydroxylation is 1. The van der Waals surface area contributed by atoms with E-state index in [1.165, 1.54) is 10.9 Å². The van der Waals surface area contributed by atoms with Crippen LogP contribution in [0.2, 0.25) is 5.02 Å². The van der Waals surface area contributed by atoms with Gasteiger partial charge in [0.2, 0.25) is 5.91 Å². The maximum atomic E-state index is 12.6. The lowest BCUT2D eigenvalue weighted by Crippen LogP contribution is -2.09. The van der Waals surface area contributed by atoms with Gasteiger partial charge in [-0.1, -0.05) is 27.5 Å². The van der Waals surface area contributed by atoms with Crippen LogP contribution in [0.1, 0.15) is 11.1 Å². The second kappa shape index (κ2) is 9.64. The van der Waals surface area contributed by atoms with Crippen molar-refractivity contribution < 1.29 is 14.3 Å². The van der Waals surface area contributed by atoms with E-state index in [9.17, 15) is 4.79 Å². The Bertz CT molecular complexity index is 1380. The van der Waals surface area contributed by atoms with Crippen LogP contribution < -0.4 is 14.8 Å². The van der Waals surface area contributed by atoms with Crippen molar-refractivity contribution in [1.29, 1.82) is 0 Å². The number of hydrogen-bond acceptors (Lipinski definition) is 5. The zero-order valence-corrected chi connectivity index (χ0v) is 20.4. The first-order chi connectivity index (χ1) is 15.9. The van der Waals surface area contributed by atoms with Crippen LogP contribution in [0.4, 0.5) is 5.69 Å². The first-order valence-electron chi connectivity index (χ1n) is 9.92. The van der Waals surface area contributed by atoms with E-state index < -0.39 is 0 Å². The van der Waals surface area contributed by atoms with E-state index in [0.717, 1.165) is 15.6 Å². The molecule has 1 N–H and O–H groups in total.